The molecule has 1 unspecified atom stereocenters. The lowest BCUT2D eigenvalue weighted by atomic mass is 9.73. The fourth-order valence-corrected chi connectivity index (χ4v) is 4.20. The number of hydrogen-bond donors (Lipinski definition) is 1. The SMILES string of the molecule is CCOC(=O)c1ccc(CN2CCCC3(CCC(=O)N(CCO)C3)C2)o1. The Morgan fingerprint density at radius 1 is 1.35 bits per heavy atom. The van der Waals surface area contributed by atoms with Crippen LogP contribution < -0.4 is 0 Å². The standard InChI is InChI=1S/C19H28N2O5/c1-2-25-18(24)16-5-4-15(26-16)12-20-9-3-7-19(13-20)8-6-17(23)21(14-19)10-11-22/h4-5,22H,2-3,6-14H2,1H3. The van der Waals surface area contributed by atoms with E-state index < -0.39 is 5.97 Å². The summed E-state index contributed by atoms with van der Waals surface area (Å²) in [6, 6.07) is 3.49. The number of piperidine rings is 2. The zero-order valence-electron chi connectivity index (χ0n) is 15.4. The van der Waals surface area contributed by atoms with E-state index in [2.05, 4.69) is 4.90 Å². The Morgan fingerprint density at radius 2 is 2.19 bits per heavy atom. The number of furan rings is 1. The zero-order valence-corrected chi connectivity index (χ0v) is 15.4. The molecule has 144 valence electrons. The number of likely N-dealkylation sites (tertiary alicyclic amines) is 2. The highest BCUT2D eigenvalue weighted by Crippen LogP contribution is 2.39. The van der Waals surface area contributed by atoms with E-state index in [9.17, 15) is 14.7 Å². The first-order valence-corrected chi connectivity index (χ1v) is 9.42. The summed E-state index contributed by atoms with van der Waals surface area (Å²) in [6.45, 7) is 5.76. The molecule has 1 N–H and O–H groups in total. The molecule has 1 atom stereocenters. The van der Waals surface area contributed by atoms with Crippen LogP contribution in [0.5, 0.6) is 0 Å². The summed E-state index contributed by atoms with van der Waals surface area (Å²) >= 11 is 0. The van der Waals surface area contributed by atoms with E-state index in [-0.39, 0.29) is 23.7 Å². The van der Waals surface area contributed by atoms with E-state index in [0.29, 0.717) is 26.1 Å². The molecule has 2 fully saturated rings. The maximum Gasteiger partial charge on any atom is 0.374 e. The molecule has 1 aromatic heterocycles. The Labute approximate surface area is 153 Å². The number of ether oxygens (including phenoxy) is 1. The summed E-state index contributed by atoms with van der Waals surface area (Å²) in [6.07, 6.45) is 3.63. The number of carbonyl (C=O) groups excluding carboxylic acids is 2. The van der Waals surface area contributed by atoms with Crippen LogP contribution in [-0.4, -0.2) is 66.2 Å². The Balaban J connectivity index is 1.62. The number of carbonyl (C=O) groups is 2. The number of rotatable bonds is 6. The number of hydrogen-bond acceptors (Lipinski definition) is 6. The average molecular weight is 364 g/mol. The van der Waals surface area contributed by atoms with Crippen LogP contribution in [0, 0.1) is 5.41 Å². The van der Waals surface area contributed by atoms with Crippen LogP contribution >= 0.6 is 0 Å². The molecule has 1 aromatic rings. The third-order valence-electron chi connectivity index (χ3n) is 5.38. The van der Waals surface area contributed by atoms with Crippen molar-refractivity contribution in [3.63, 3.8) is 0 Å². The monoisotopic (exact) mass is 364 g/mol. The molecule has 3 rings (SSSR count). The summed E-state index contributed by atoms with van der Waals surface area (Å²) in [5, 5.41) is 9.20. The highest BCUT2D eigenvalue weighted by atomic mass is 16.5. The van der Waals surface area contributed by atoms with Crippen molar-refractivity contribution in [3.8, 4) is 0 Å². The van der Waals surface area contributed by atoms with Crippen molar-refractivity contribution >= 4 is 11.9 Å². The van der Waals surface area contributed by atoms with E-state index in [1.54, 1.807) is 17.9 Å². The lowest BCUT2D eigenvalue weighted by Gasteiger charge is -2.48. The van der Waals surface area contributed by atoms with Gasteiger partial charge in [0.1, 0.15) is 5.76 Å². The first-order chi connectivity index (χ1) is 12.5. The molecule has 2 saturated heterocycles. The minimum absolute atomic E-state index is 0.00850. The smallest absolute Gasteiger partial charge is 0.374 e. The number of nitrogens with zero attached hydrogens (tertiary/aromatic N) is 2. The largest absolute Gasteiger partial charge is 0.460 e. The van der Waals surface area contributed by atoms with Gasteiger partial charge in [-0.25, -0.2) is 4.79 Å². The molecule has 2 aliphatic rings. The van der Waals surface area contributed by atoms with Crippen LogP contribution in [0.15, 0.2) is 16.5 Å². The molecule has 26 heavy (non-hydrogen) atoms. The summed E-state index contributed by atoms with van der Waals surface area (Å²) < 4.78 is 10.6. The van der Waals surface area contributed by atoms with Gasteiger partial charge in [-0.2, -0.15) is 0 Å². The second-order valence-electron chi connectivity index (χ2n) is 7.34. The second-order valence-corrected chi connectivity index (χ2v) is 7.34. The Bertz CT molecular complexity index is 644. The Morgan fingerprint density at radius 3 is 2.96 bits per heavy atom. The van der Waals surface area contributed by atoms with Gasteiger partial charge in [0.2, 0.25) is 11.7 Å². The number of aliphatic hydroxyl groups excluding tert-OH is 1. The molecule has 7 nitrogen and oxygen atoms in total. The van der Waals surface area contributed by atoms with Crippen molar-refractivity contribution in [2.24, 2.45) is 5.41 Å². The molecule has 0 saturated carbocycles. The molecule has 0 radical (unpaired) electrons. The Hall–Kier alpha value is -1.86. The van der Waals surface area contributed by atoms with E-state index >= 15 is 0 Å². The number of aliphatic hydroxyl groups is 1. The van der Waals surface area contributed by atoms with Crippen molar-refractivity contribution < 1.29 is 23.8 Å². The van der Waals surface area contributed by atoms with Crippen LogP contribution in [0.2, 0.25) is 0 Å². The van der Waals surface area contributed by atoms with Crippen molar-refractivity contribution in [3.05, 3.63) is 23.7 Å². The highest BCUT2D eigenvalue weighted by molar-refractivity contribution is 5.86. The minimum atomic E-state index is -0.431. The fourth-order valence-electron chi connectivity index (χ4n) is 4.20. The maximum atomic E-state index is 12.0. The lowest BCUT2D eigenvalue weighted by molar-refractivity contribution is -0.140. The van der Waals surface area contributed by atoms with Gasteiger partial charge < -0.3 is 19.2 Å². The first kappa shape index (κ1) is 18.9. The maximum absolute atomic E-state index is 12.0. The van der Waals surface area contributed by atoms with Gasteiger partial charge in [0.25, 0.3) is 0 Å². The van der Waals surface area contributed by atoms with Gasteiger partial charge in [0.15, 0.2) is 0 Å². The van der Waals surface area contributed by atoms with E-state index in [1.165, 1.54) is 0 Å². The summed E-state index contributed by atoms with van der Waals surface area (Å²) in [5.41, 5.74) is 0.0951. The minimum Gasteiger partial charge on any atom is -0.460 e. The van der Waals surface area contributed by atoms with E-state index in [4.69, 9.17) is 9.15 Å². The number of esters is 1. The molecule has 0 aromatic carbocycles. The Kier molecular flexibility index (Phi) is 5.98. The highest BCUT2D eigenvalue weighted by Gasteiger charge is 2.41. The zero-order chi connectivity index (χ0) is 18.6. The van der Waals surface area contributed by atoms with Crippen molar-refractivity contribution in [1.29, 1.82) is 0 Å². The van der Waals surface area contributed by atoms with Crippen molar-refractivity contribution in [1.82, 2.24) is 9.80 Å². The van der Waals surface area contributed by atoms with Gasteiger partial charge >= 0.3 is 5.97 Å². The number of β-amino-alcohol motifs (C(OH)–C–C–N with tert-alkyl or cyclic N) is 1. The molecular weight excluding hydrogens is 336 g/mol. The molecule has 1 spiro atoms. The van der Waals surface area contributed by atoms with Gasteiger partial charge in [0.05, 0.1) is 19.8 Å². The topological polar surface area (TPSA) is 83.2 Å². The summed E-state index contributed by atoms with van der Waals surface area (Å²) in [5.74, 6) is 0.710. The first-order valence-electron chi connectivity index (χ1n) is 9.42. The van der Waals surface area contributed by atoms with E-state index in [0.717, 1.165) is 44.7 Å². The van der Waals surface area contributed by atoms with Gasteiger partial charge in [-0.1, -0.05) is 0 Å². The molecule has 2 aliphatic heterocycles. The molecular formula is C19H28N2O5. The quantitative estimate of drug-likeness (QED) is 0.773. The van der Waals surface area contributed by atoms with Crippen molar-refractivity contribution in [2.45, 2.75) is 39.2 Å². The third-order valence-corrected chi connectivity index (χ3v) is 5.38. The van der Waals surface area contributed by atoms with Crippen LogP contribution in [0.4, 0.5) is 0 Å². The fraction of sp³-hybridized carbons (Fsp3) is 0.684. The predicted molar refractivity (Wildman–Crippen MR) is 94.5 cm³/mol. The average Bonchev–Trinajstić information content (AvgIpc) is 3.08. The van der Waals surface area contributed by atoms with Gasteiger partial charge in [-0.15, -0.1) is 0 Å². The number of amides is 1. The van der Waals surface area contributed by atoms with Gasteiger partial charge in [0, 0.05) is 31.5 Å². The second kappa shape index (κ2) is 8.22. The molecule has 7 heteroatoms. The van der Waals surface area contributed by atoms with Crippen LogP contribution in [0.3, 0.4) is 0 Å². The molecule has 0 bridgehead atoms. The van der Waals surface area contributed by atoms with Crippen LogP contribution in [-0.2, 0) is 16.1 Å². The van der Waals surface area contributed by atoms with Gasteiger partial charge in [-0.05, 0) is 44.9 Å². The van der Waals surface area contributed by atoms with Crippen LogP contribution in [0.1, 0.15) is 48.9 Å². The van der Waals surface area contributed by atoms with E-state index in [1.807, 2.05) is 6.07 Å². The third kappa shape index (κ3) is 4.27. The summed E-state index contributed by atoms with van der Waals surface area (Å²) in [7, 11) is 0. The molecule has 1 amide bonds. The van der Waals surface area contributed by atoms with Crippen LogP contribution in [0.25, 0.3) is 0 Å². The normalized spacial score (nSPS) is 24.2. The molecule has 0 aliphatic carbocycles. The summed E-state index contributed by atoms with van der Waals surface area (Å²) in [4.78, 5) is 27.9. The van der Waals surface area contributed by atoms with Gasteiger partial charge in [-0.3, -0.25) is 9.69 Å². The van der Waals surface area contributed by atoms with Crippen molar-refractivity contribution in [2.75, 3.05) is 39.4 Å². The lowest BCUT2D eigenvalue weighted by Crippen LogP contribution is -2.54. The molecule has 3 heterocycles. The predicted octanol–water partition coefficient (Wildman–Crippen LogP) is 1.65.